The number of likely N-dealkylation sites (tertiary alicyclic amines) is 1. The van der Waals surface area contributed by atoms with Gasteiger partial charge in [-0.2, -0.15) is 0 Å². The number of nitrogens with zero attached hydrogens (tertiary/aromatic N) is 3. The number of hydrogen-bond acceptors (Lipinski definition) is 3. The van der Waals surface area contributed by atoms with Gasteiger partial charge in [0.15, 0.2) is 0 Å². The van der Waals surface area contributed by atoms with Crippen LogP contribution < -0.4 is 10.1 Å². The summed E-state index contributed by atoms with van der Waals surface area (Å²) < 4.78 is 7.70. The van der Waals surface area contributed by atoms with Crippen LogP contribution in [0.1, 0.15) is 42.5 Å². The van der Waals surface area contributed by atoms with E-state index in [1.807, 2.05) is 48.5 Å². The smallest absolute Gasteiger partial charge is 0.318 e. The van der Waals surface area contributed by atoms with Crippen LogP contribution in [0.5, 0.6) is 5.75 Å². The van der Waals surface area contributed by atoms with Crippen molar-refractivity contribution in [3.05, 3.63) is 95.8 Å². The minimum atomic E-state index is -0.00894. The van der Waals surface area contributed by atoms with Crippen molar-refractivity contribution in [1.29, 1.82) is 0 Å². The molecule has 174 valence electrons. The summed E-state index contributed by atoms with van der Waals surface area (Å²) in [5.74, 6) is 0.866. The Hall–Kier alpha value is -3.80. The Morgan fingerprint density at radius 1 is 1.03 bits per heavy atom. The molecule has 1 aromatic heterocycles. The monoisotopic (exact) mass is 454 g/mol. The summed E-state index contributed by atoms with van der Waals surface area (Å²) >= 11 is 0. The molecular formula is C28H30N4O2. The molecule has 0 saturated carbocycles. The Morgan fingerprint density at radius 2 is 1.79 bits per heavy atom. The average molecular weight is 455 g/mol. The van der Waals surface area contributed by atoms with Crippen molar-refractivity contribution < 1.29 is 9.53 Å². The van der Waals surface area contributed by atoms with Gasteiger partial charge < -0.3 is 19.5 Å². The quantitative estimate of drug-likeness (QED) is 0.399. The highest BCUT2D eigenvalue weighted by molar-refractivity contribution is 5.75. The first-order valence-electron chi connectivity index (χ1n) is 12.0. The fraction of sp³-hybridized carbons (Fsp3) is 0.286. The number of benzene rings is 3. The van der Waals surface area contributed by atoms with Gasteiger partial charge in [-0.1, -0.05) is 48.5 Å². The third-order valence-corrected chi connectivity index (χ3v) is 6.44. The summed E-state index contributed by atoms with van der Waals surface area (Å²) in [6, 6.07) is 24.8. The van der Waals surface area contributed by atoms with Gasteiger partial charge in [-0.15, -0.1) is 0 Å². The zero-order chi connectivity index (χ0) is 23.3. The van der Waals surface area contributed by atoms with Crippen molar-refractivity contribution in [3.8, 4) is 5.75 Å². The minimum absolute atomic E-state index is 0.00894. The molecule has 1 saturated heterocycles. The number of aromatic nitrogens is 2. The summed E-state index contributed by atoms with van der Waals surface area (Å²) in [7, 11) is 0. The number of imidazole rings is 1. The first-order chi connectivity index (χ1) is 16.7. The molecule has 1 unspecified atom stereocenters. The van der Waals surface area contributed by atoms with Gasteiger partial charge in [0, 0.05) is 19.6 Å². The highest BCUT2D eigenvalue weighted by Gasteiger charge is 2.29. The number of carbonyl (C=O) groups is 1. The van der Waals surface area contributed by atoms with E-state index in [0.717, 1.165) is 53.8 Å². The highest BCUT2D eigenvalue weighted by Crippen LogP contribution is 2.32. The van der Waals surface area contributed by atoms with Crippen LogP contribution in [0.3, 0.4) is 0 Å². The van der Waals surface area contributed by atoms with Crippen LogP contribution in [0.4, 0.5) is 4.79 Å². The maximum atomic E-state index is 13.0. The maximum Gasteiger partial charge on any atom is 0.318 e. The first-order valence-corrected chi connectivity index (χ1v) is 12.0. The number of urea groups is 1. The van der Waals surface area contributed by atoms with Crippen LogP contribution >= 0.6 is 0 Å². The molecule has 1 N–H and O–H groups in total. The Morgan fingerprint density at radius 3 is 2.59 bits per heavy atom. The van der Waals surface area contributed by atoms with E-state index in [1.54, 1.807) is 0 Å². The molecule has 1 fully saturated rings. The van der Waals surface area contributed by atoms with Crippen molar-refractivity contribution in [2.45, 2.75) is 38.9 Å². The lowest BCUT2D eigenvalue weighted by Gasteiger charge is -2.25. The van der Waals surface area contributed by atoms with Crippen LogP contribution in [0.2, 0.25) is 0 Å². The zero-order valence-corrected chi connectivity index (χ0v) is 19.5. The van der Waals surface area contributed by atoms with Gasteiger partial charge in [-0.05, 0) is 60.7 Å². The molecule has 3 aromatic carbocycles. The van der Waals surface area contributed by atoms with Crippen LogP contribution in [0.25, 0.3) is 11.0 Å². The molecule has 0 spiro atoms. The molecular weight excluding hydrogens is 424 g/mol. The number of hydrogen-bond donors (Lipinski definition) is 1. The predicted octanol–water partition coefficient (Wildman–Crippen LogP) is 5.53. The normalized spacial score (nSPS) is 15.6. The largest absolute Gasteiger partial charge is 0.494 e. The van der Waals surface area contributed by atoms with Crippen LogP contribution in [0, 0.1) is 0 Å². The van der Waals surface area contributed by atoms with Crippen molar-refractivity contribution in [2.24, 2.45) is 0 Å². The summed E-state index contributed by atoms with van der Waals surface area (Å²) in [5.41, 5.74) is 5.59. The number of carbonyl (C=O) groups excluding carboxylic acids is 1. The third-order valence-electron chi connectivity index (χ3n) is 6.44. The first kappa shape index (κ1) is 22.0. The molecule has 1 aliphatic heterocycles. The second-order valence-corrected chi connectivity index (χ2v) is 8.69. The number of para-hydroxylation sites is 2. The van der Waals surface area contributed by atoms with E-state index in [1.165, 1.54) is 5.56 Å². The van der Waals surface area contributed by atoms with Gasteiger partial charge in [0.2, 0.25) is 0 Å². The SMILES string of the molecule is CCOc1ccc(C2CCCN2C(=O)NCc2ccc(Cn3cnc4ccccc43)cc2)cc1. The number of amides is 2. The van der Waals surface area contributed by atoms with Crippen LogP contribution in [0.15, 0.2) is 79.1 Å². The summed E-state index contributed by atoms with van der Waals surface area (Å²) in [6.07, 6.45) is 3.89. The second-order valence-electron chi connectivity index (χ2n) is 8.69. The Bertz CT molecular complexity index is 1250. The van der Waals surface area contributed by atoms with Gasteiger partial charge in [0.1, 0.15) is 5.75 Å². The fourth-order valence-corrected chi connectivity index (χ4v) is 4.68. The summed E-state index contributed by atoms with van der Waals surface area (Å²) in [5, 5.41) is 3.11. The maximum absolute atomic E-state index is 13.0. The highest BCUT2D eigenvalue weighted by atomic mass is 16.5. The molecule has 1 atom stereocenters. The van der Waals surface area contributed by atoms with Gasteiger partial charge in [0.25, 0.3) is 0 Å². The van der Waals surface area contributed by atoms with E-state index < -0.39 is 0 Å². The number of ether oxygens (including phenoxy) is 1. The molecule has 2 heterocycles. The molecule has 0 bridgehead atoms. The average Bonchev–Trinajstić information content (AvgIpc) is 3.52. The van der Waals surface area contributed by atoms with Crippen molar-refractivity contribution >= 4 is 17.1 Å². The van der Waals surface area contributed by atoms with E-state index in [9.17, 15) is 4.79 Å². The van der Waals surface area contributed by atoms with E-state index in [2.05, 4.69) is 57.3 Å². The van der Waals surface area contributed by atoms with Crippen LogP contribution in [-0.2, 0) is 13.1 Å². The topological polar surface area (TPSA) is 59.4 Å². The van der Waals surface area contributed by atoms with Crippen molar-refractivity contribution in [3.63, 3.8) is 0 Å². The molecule has 34 heavy (non-hydrogen) atoms. The molecule has 6 nitrogen and oxygen atoms in total. The number of fused-ring (bicyclic) bond motifs is 1. The van der Waals surface area contributed by atoms with Gasteiger partial charge in [0.05, 0.1) is 30.0 Å². The molecule has 0 radical (unpaired) electrons. The zero-order valence-electron chi connectivity index (χ0n) is 19.5. The Labute approximate surface area is 200 Å². The molecule has 6 heteroatoms. The lowest BCUT2D eigenvalue weighted by molar-refractivity contribution is 0.192. The van der Waals surface area contributed by atoms with E-state index >= 15 is 0 Å². The molecule has 4 aromatic rings. The van der Waals surface area contributed by atoms with E-state index in [4.69, 9.17) is 4.74 Å². The van der Waals surface area contributed by atoms with E-state index in [-0.39, 0.29) is 12.1 Å². The predicted molar refractivity (Wildman–Crippen MR) is 134 cm³/mol. The van der Waals surface area contributed by atoms with E-state index in [0.29, 0.717) is 13.2 Å². The fourth-order valence-electron chi connectivity index (χ4n) is 4.68. The lowest BCUT2D eigenvalue weighted by Crippen LogP contribution is -2.39. The molecule has 1 aliphatic rings. The van der Waals surface area contributed by atoms with Crippen molar-refractivity contribution in [2.75, 3.05) is 13.2 Å². The Kier molecular flexibility index (Phi) is 6.47. The molecule has 5 rings (SSSR count). The summed E-state index contributed by atoms with van der Waals surface area (Å²) in [6.45, 7) is 4.69. The summed E-state index contributed by atoms with van der Waals surface area (Å²) in [4.78, 5) is 19.4. The molecule has 0 aliphatic carbocycles. The van der Waals surface area contributed by atoms with Crippen LogP contribution in [-0.4, -0.2) is 33.6 Å². The standard InChI is InChI=1S/C28H30N4O2/c1-2-34-24-15-13-23(14-16-24)26-8-5-17-32(26)28(33)29-18-21-9-11-22(12-10-21)19-31-20-30-25-6-3-4-7-27(25)31/h3-4,6-7,9-16,20,26H,2,5,8,17-19H2,1H3,(H,29,33). The van der Waals surface area contributed by atoms with Crippen molar-refractivity contribution in [1.82, 2.24) is 19.8 Å². The Balaban J connectivity index is 1.18. The second kappa shape index (κ2) is 10.00. The third kappa shape index (κ3) is 4.76. The number of rotatable bonds is 7. The minimum Gasteiger partial charge on any atom is -0.494 e. The van der Waals surface area contributed by atoms with Gasteiger partial charge in [-0.25, -0.2) is 9.78 Å². The van der Waals surface area contributed by atoms with Gasteiger partial charge in [-0.3, -0.25) is 0 Å². The van der Waals surface area contributed by atoms with Gasteiger partial charge >= 0.3 is 6.03 Å². The lowest BCUT2D eigenvalue weighted by atomic mass is 10.0. The number of nitrogens with one attached hydrogen (secondary N) is 1. The molecule has 2 amide bonds.